The number of benzene rings is 4. The Kier molecular flexibility index (Phi) is 11.9. The van der Waals surface area contributed by atoms with Gasteiger partial charge >= 0.3 is 0 Å². The van der Waals surface area contributed by atoms with E-state index in [1.54, 1.807) is 54.2 Å². The summed E-state index contributed by atoms with van der Waals surface area (Å²) in [6.07, 6.45) is 0. The van der Waals surface area contributed by atoms with Crippen LogP contribution in [-0.2, 0) is 4.79 Å². The van der Waals surface area contributed by atoms with Gasteiger partial charge < -0.3 is 44.9 Å². The Morgan fingerprint density at radius 3 is 2.21 bits per heavy atom. The molecule has 2 unspecified atom stereocenters. The molecular weight excluding hydrogens is 776 g/mol. The molecule has 4 N–H and O–H groups in total. The number of aromatic amines is 1. The topological polar surface area (TPSA) is 224 Å². The lowest BCUT2D eigenvalue weighted by atomic mass is 9.95. The van der Waals surface area contributed by atoms with E-state index < -0.39 is 44.8 Å². The largest absolute Gasteiger partial charge is 0.493 e. The number of hydrogen-bond donors (Lipinski definition) is 4. The minimum atomic E-state index is -1.27. The summed E-state index contributed by atoms with van der Waals surface area (Å²) in [5.41, 5.74) is 0.00375. The fraction of sp³-hybridized carbons (Fsp3) is 0.308. The molecule has 3 amide bonds. The van der Waals surface area contributed by atoms with Gasteiger partial charge in [0, 0.05) is 54.3 Å². The quantitative estimate of drug-likeness (QED) is 0.0553. The number of hydrogen-bond acceptors (Lipinski definition) is 12. The summed E-state index contributed by atoms with van der Waals surface area (Å²) in [6, 6.07) is 12.9. The number of nitrogens with zero attached hydrogens (tertiary/aromatic N) is 4. The maximum Gasteiger partial charge on any atom is 0.300 e. The highest BCUT2D eigenvalue weighted by Gasteiger charge is 2.37. The van der Waals surface area contributed by atoms with Crippen molar-refractivity contribution < 1.29 is 38.4 Å². The summed E-state index contributed by atoms with van der Waals surface area (Å²) in [7, 11) is 8.03. The molecule has 5 aromatic rings. The number of nitro groups is 2. The molecule has 19 heteroatoms. The lowest BCUT2D eigenvalue weighted by Crippen LogP contribution is -2.33. The number of likely N-dealkylation sites (N-methyl/N-ethyl adjacent to an activating group) is 1. The van der Waals surface area contributed by atoms with Gasteiger partial charge in [-0.1, -0.05) is 24.3 Å². The minimum absolute atomic E-state index is 0.191. The van der Waals surface area contributed by atoms with Crippen molar-refractivity contribution in [3.63, 3.8) is 0 Å². The number of aromatic nitrogens is 1. The van der Waals surface area contributed by atoms with Crippen molar-refractivity contribution in [1.82, 2.24) is 15.2 Å². The molecule has 1 aliphatic rings. The average Bonchev–Trinajstić information content (AvgIpc) is 3.81. The molecular formula is C39H41ClN8O10. The molecule has 1 aromatic heterocycles. The first-order valence-corrected chi connectivity index (χ1v) is 18.5. The van der Waals surface area contributed by atoms with Crippen molar-refractivity contribution in [2.45, 2.75) is 18.9 Å². The molecule has 1 aliphatic heterocycles. The van der Waals surface area contributed by atoms with Gasteiger partial charge in [-0.05, 0) is 50.2 Å². The predicted octanol–water partition coefficient (Wildman–Crippen LogP) is 5.88. The fourth-order valence-electron chi connectivity index (χ4n) is 7.07. The van der Waals surface area contributed by atoms with Gasteiger partial charge in [0.15, 0.2) is 17.2 Å². The number of amides is 3. The van der Waals surface area contributed by atoms with E-state index in [9.17, 15) is 34.6 Å². The first-order chi connectivity index (χ1) is 27.7. The van der Waals surface area contributed by atoms with Crippen LogP contribution in [0.25, 0.3) is 21.7 Å². The normalized spacial score (nSPS) is 13.9. The van der Waals surface area contributed by atoms with Gasteiger partial charge in [-0.25, -0.2) is 0 Å². The number of alkyl halides is 1. The van der Waals surface area contributed by atoms with Gasteiger partial charge in [-0.3, -0.25) is 34.6 Å². The van der Waals surface area contributed by atoms with Gasteiger partial charge in [0.05, 0.1) is 53.6 Å². The first kappa shape index (κ1) is 41.0. The second-order valence-corrected chi connectivity index (χ2v) is 14.1. The lowest BCUT2D eigenvalue weighted by molar-refractivity contribution is -0.392. The summed E-state index contributed by atoms with van der Waals surface area (Å²) < 4.78 is 16.6. The number of halogens is 1. The second kappa shape index (κ2) is 16.8. The Morgan fingerprint density at radius 1 is 0.966 bits per heavy atom. The van der Waals surface area contributed by atoms with Crippen molar-refractivity contribution in [2.75, 3.05) is 76.5 Å². The van der Waals surface area contributed by atoms with E-state index in [-0.39, 0.29) is 42.1 Å². The summed E-state index contributed by atoms with van der Waals surface area (Å²) >= 11 is 6.51. The highest BCUT2D eigenvalue weighted by Crippen LogP contribution is 2.47. The van der Waals surface area contributed by atoms with Crippen LogP contribution >= 0.6 is 11.6 Å². The van der Waals surface area contributed by atoms with Crippen LogP contribution < -0.4 is 35.1 Å². The number of anilines is 3. The van der Waals surface area contributed by atoms with E-state index in [0.717, 1.165) is 23.1 Å². The smallest absolute Gasteiger partial charge is 0.300 e. The molecule has 58 heavy (non-hydrogen) atoms. The van der Waals surface area contributed by atoms with Gasteiger partial charge in [0.1, 0.15) is 11.7 Å². The zero-order valence-electron chi connectivity index (χ0n) is 32.4. The van der Waals surface area contributed by atoms with Gasteiger partial charge in [0.2, 0.25) is 11.7 Å². The van der Waals surface area contributed by atoms with Crippen molar-refractivity contribution in [1.29, 1.82) is 0 Å². The van der Waals surface area contributed by atoms with Crippen LogP contribution in [0.5, 0.6) is 17.2 Å². The molecule has 0 saturated carbocycles. The van der Waals surface area contributed by atoms with E-state index in [4.69, 9.17) is 25.8 Å². The zero-order valence-corrected chi connectivity index (χ0v) is 33.2. The minimum Gasteiger partial charge on any atom is -0.493 e. The van der Waals surface area contributed by atoms with Crippen molar-refractivity contribution in [3.05, 3.63) is 91.6 Å². The molecule has 4 aromatic carbocycles. The Balaban J connectivity index is 1.34. The molecule has 0 spiro atoms. The third kappa shape index (κ3) is 7.70. The van der Waals surface area contributed by atoms with Crippen LogP contribution in [0.15, 0.2) is 54.6 Å². The van der Waals surface area contributed by atoms with Gasteiger partial charge in [-0.15, -0.1) is 11.6 Å². The fourth-order valence-corrected chi connectivity index (χ4v) is 7.32. The Hall–Kier alpha value is -6.66. The number of nitro benzene ring substituents is 2. The zero-order chi connectivity index (χ0) is 42.0. The summed E-state index contributed by atoms with van der Waals surface area (Å²) in [4.78, 5) is 70.3. The molecule has 0 radical (unpaired) electrons. The standard InChI is InChI=1S/C39H41ClN8O10/c1-20(42-34-29(47(52)53)14-22(15-30(34)48(54)55)38(50)41-11-12-45(2)3)37(49)44-26-17-28-32(25-10-8-7-9-24(25)26)23(18-40)19-46(28)39(51)27-13-21-16-31(56-4)35(57-5)36(58-6)33(21)43-27/h7-10,13-17,20,23,42-43H,11-12,18-19H2,1-6H3,(H,41,50)(H,44,49). The molecule has 0 fully saturated rings. The molecule has 6 rings (SSSR count). The second-order valence-electron chi connectivity index (χ2n) is 13.8. The van der Waals surface area contributed by atoms with Crippen molar-refractivity contribution in [3.8, 4) is 17.2 Å². The first-order valence-electron chi connectivity index (χ1n) is 17.9. The molecule has 0 bridgehead atoms. The number of H-pyrrole nitrogens is 1. The third-order valence-electron chi connectivity index (χ3n) is 9.86. The number of fused-ring (bicyclic) bond motifs is 4. The molecule has 2 heterocycles. The number of ether oxygens (including phenoxy) is 3. The van der Waals surface area contributed by atoms with Gasteiger partial charge in [0.25, 0.3) is 23.2 Å². The maximum absolute atomic E-state index is 14.4. The van der Waals surface area contributed by atoms with Crippen LogP contribution in [0.2, 0.25) is 0 Å². The Bertz CT molecular complexity index is 2440. The summed E-state index contributed by atoms with van der Waals surface area (Å²) in [6.45, 7) is 2.28. The third-order valence-corrected chi connectivity index (χ3v) is 10.2. The SMILES string of the molecule is COc1cc2cc(C(=O)N3CC(CCl)c4c3cc(NC(=O)C(C)Nc3c([N+](=O)[O-])cc(C(=O)NCCN(C)C)cc3[N+](=O)[O-])c3ccccc43)[nH]c2c(OC)c1OC. The number of carbonyl (C=O) groups excluding carboxylic acids is 3. The highest BCUT2D eigenvalue weighted by atomic mass is 35.5. The van der Waals surface area contributed by atoms with E-state index in [0.29, 0.717) is 51.5 Å². The predicted molar refractivity (Wildman–Crippen MR) is 219 cm³/mol. The number of carbonyl (C=O) groups is 3. The Morgan fingerprint density at radius 2 is 1.62 bits per heavy atom. The summed E-state index contributed by atoms with van der Waals surface area (Å²) in [5, 5.41) is 34.5. The van der Waals surface area contributed by atoms with Crippen molar-refractivity contribution in [2.24, 2.45) is 0 Å². The van der Waals surface area contributed by atoms with Crippen LogP contribution in [0.4, 0.5) is 28.4 Å². The van der Waals surface area contributed by atoms with Crippen LogP contribution in [0, 0.1) is 20.2 Å². The maximum atomic E-state index is 14.4. The van der Waals surface area contributed by atoms with E-state index in [1.165, 1.54) is 28.3 Å². The number of rotatable bonds is 15. The van der Waals surface area contributed by atoms with Crippen LogP contribution in [0.3, 0.4) is 0 Å². The van der Waals surface area contributed by atoms with E-state index in [1.807, 2.05) is 12.1 Å². The van der Waals surface area contributed by atoms with Crippen LogP contribution in [-0.4, -0.2) is 104 Å². The number of methoxy groups -OCH3 is 3. The monoisotopic (exact) mass is 816 g/mol. The molecule has 304 valence electrons. The van der Waals surface area contributed by atoms with Crippen molar-refractivity contribution >= 4 is 79.4 Å². The average molecular weight is 817 g/mol. The number of nitrogens with one attached hydrogen (secondary N) is 4. The van der Waals surface area contributed by atoms with Gasteiger partial charge in [-0.2, -0.15) is 0 Å². The highest BCUT2D eigenvalue weighted by molar-refractivity contribution is 6.20. The molecule has 2 atom stereocenters. The molecule has 0 aliphatic carbocycles. The summed E-state index contributed by atoms with van der Waals surface area (Å²) in [5.74, 6) is -0.788. The van der Waals surface area contributed by atoms with E-state index in [2.05, 4.69) is 20.9 Å². The lowest BCUT2D eigenvalue weighted by Gasteiger charge is -2.20. The van der Waals surface area contributed by atoms with E-state index >= 15 is 0 Å². The van der Waals surface area contributed by atoms with Crippen LogP contribution in [0.1, 0.15) is 39.3 Å². The molecule has 0 saturated heterocycles. The Labute approximate surface area is 336 Å². The molecule has 18 nitrogen and oxygen atoms in total.